The zero-order valence-electron chi connectivity index (χ0n) is 11.0. The van der Waals surface area contributed by atoms with Gasteiger partial charge in [-0.1, -0.05) is 5.92 Å². The average Bonchev–Trinajstić information content (AvgIpc) is 2.93. The Balaban J connectivity index is 2.26. The van der Waals surface area contributed by atoms with Gasteiger partial charge in [0.05, 0.1) is 28.5 Å². The van der Waals surface area contributed by atoms with Crippen molar-refractivity contribution in [3.63, 3.8) is 0 Å². The van der Waals surface area contributed by atoms with Gasteiger partial charge in [-0.2, -0.15) is 8.75 Å². The van der Waals surface area contributed by atoms with Gasteiger partial charge in [0, 0.05) is 6.07 Å². The lowest BCUT2D eigenvalue weighted by molar-refractivity contribution is 0.371. The molecular formula is C12H12N4O3S2. The molecule has 21 heavy (non-hydrogen) atoms. The number of anilines is 2. The van der Waals surface area contributed by atoms with Crippen LogP contribution in [0.2, 0.25) is 0 Å². The van der Waals surface area contributed by atoms with E-state index < -0.39 is 10.0 Å². The van der Waals surface area contributed by atoms with Crippen molar-refractivity contribution in [2.45, 2.75) is 11.8 Å². The van der Waals surface area contributed by atoms with E-state index in [2.05, 4.69) is 25.3 Å². The van der Waals surface area contributed by atoms with E-state index in [1.807, 2.05) is 0 Å². The van der Waals surface area contributed by atoms with E-state index in [4.69, 9.17) is 10.5 Å². The Hall–Kier alpha value is -2.31. The Bertz CT molecular complexity index is 777. The minimum atomic E-state index is -3.77. The highest BCUT2D eigenvalue weighted by atomic mass is 32.2. The van der Waals surface area contributed by atoms with Crippen LogP contribution in [0.3, 0.4) is 0 Å². The maximum Gasteiger partial charge on any atom is 0.263 e. The Morgan fingerprint density at radius 3 is 2.95 bits per heavy atom. The Kier molecular flexibility index (Phi) is 4.62. The maximum atomic E-state index is 12.2. The summed E-state index contributed by atoms with van der Waals surface area (Å²) in [6, 6.07) is 4.19. The minimum Gasteiger partial charge on any atom is -0.479 e. The summed E-state index contributed by atoms with van der Waals surface area (Å²) >= 11 is 0.908. The summed E-state index contributed by atoms with van der Waals surface area (Å²) in [6.45, 7) is 1.81. The molecule has 2 aromatic rings. The van der Waals surface area contributed by atoms with E-state index in [0.717, 1.165) is 11.7 Å². The zero-order valence-corrected chi connectivity index (χ0v) is 12.7. The molecule has 2 rings (SSSR count). The highest BCUT2D eigenvalue weighted by molar-refractivity contribution is 7.92. The van der Waals surface area contributed by atoms with Crippen LogP contribution in [0, 0.1) is 11.8 Å². The quantitative estimate of drug-likeness (QED) is 0.634. The highest BCUT2D eigenvalue weighted by Crippen LogP contribution is 2.26. The van der Waals surface area contributed by atoms with E-state index in [9.17, 15) is 8.42 Å². The monoisotopic (exact) mass is 324 g/mol. The Morgan fingerprint density at radius 2 is 2.29 bits per heavy atom. The highest BCUT2D eigenvalue weighted by Gasteiger charge is 2.17. The number of hydrogen-bond acceptors (Lipinski definition) is 7. The molecule has 0 atom stereocenters. The van der Waals surface area contributed by atoms with Crippen LogP contribution in [-0.2, 0) is 10.0 Å². The number of nitrogens with one attached hydrogen (secondary N) is 1. The van der Waals surface area contributed by atoms with Crippen molar-refractivity contribution < 1.29 is 13.2 Å². The number of rotatable bonds is 5. The van der Waals surface area contributed by atoms with Crippen molar-refractivity contribution in [2.75, 3.05) is 17.1 Å². The van der Waals surface area contributed by atoms with Gasteiger partial charge in [-0.25, -0.2) is 8.42 Å². The largest absolute Gasteiger partial charge is 0.479 e. The van der Waals surface area contributed by atoms with Crippen LogP contribution >= 0.6 is 11.7 Å². The normalized spacial score (nSPS) is 10.5. The fraction of sp³-hybridized carbons (Fsp3) is 0.167. The minimum absolute atomic E-state index is 0.0177. The van der Waals surface area contributed by atoms with Crippen molar-refractivity contribution >= 4 is 33.3 Å². The molecule has 0 spiro atoms. The molecular weight excluding hydrogens is 312 g/mol. The number of nitrogens with two attached hydrogens (primary N) is 1. The molecule has 0 aliphatic rings. The molecule has 1 aromatic carbocycles. The molecule has 0 amide bonds. The molecule has 0 saturated heterocycles. The van der Waals surface area contributed by atoms with E-state index in [1.54, 1.807) is 6.92 Å². The first-order valence-corrected chi connectivity index (χ1v) is 7.96. The number of benzene rings is 1. The van der Waals surface area contributed by atoms with Gasteiger partial charge in [0.1, 0.15) is 12.4 Å². The molecule has 0 aliphatic heterocycles. The lowest BCUT2D eigenvalue weighted by Crippen LogP contribution is -2.13. The van der Waals surface area contributed by atoms with Crippen molar-refractivity contribution in [1.82, 2.24) is 8.75 Å². The fourth-order valence-corrected chi connectivity index (χ4v) is 2.83. The van der Waals surface area contributed by atoms with Gasteiger partial charge in [0.25, 0.3) is 10.0 Å². The van der Waals surface area contributed by atoms with Crippen LogP contribution in [-0.4, -0.2) is 23.8 Å². The number of aromatic nitrogens is 2. The van der Waals surface area contributed by atoms with Crippen LogP contribution in [0.4, 0.5) is 11.5 Å². The molecule has 7 nitrogen and oxygen atoms in total. The fourth-order valence-electron chi connectivity index (χ4n) is 1.40. The van der Waals surface area contributed by atoms with Crippen molar-refractivity contribution in [1.29, 1.82) is 0 Å². The molecule has 1 heterocycles. The van der Waals surface area contributed by atoms with Crippen molar-refractivity contribution in [2.24, 2.45) is 0 Å². The van der Waals surface area contributed by atoms with Gasteiger partial charge >= 0.3 is 0 Å². The van der Waals surface area contributed by atoms with Crippen LogP contribution in [0.25, 0.3) is 0 Å². The maximum absolute atomic E-state index is 12.2. The van der Waals surface area contributed by atoms with E-state index >= 15 is 0 Å². The molecule has 0 radical (unpaired) electrons. The van der Waals surface area contributed by atoms with Crippen LogP contribution in [0.5, 0.6) is 5.75 Å². The second-order valence-electron chi connectivity index (χ2n) is 3.81. The topological polar surface area (TPSA) is 107 Å². The molecule has 110 valence electrons. The molecule has 0 fully saturated rings. The van der Waals surface area contributed by atoms with Crippen molar-refractivity contribution in [3.8, 4) is 17.6 Å². The molecule has 9 heteroatoms. The SMILES string of the molecule is CC#CCOc1cc(S(=O)(=O)Nc2cnsn2)ccc1N. The molecule has 0 unspecified atom stereocenters. The number of ether oxygens (including phenoxy) is 1. The number of hydrogen-bond donors (Lipinski definition) is 2. The van der Waals surface area contributed by atoms with Crippen molar-refractivity contribution in [3.05, 3.63) is 24.4 Å². The third-order valence-corrected chi connectivity index (χ3v) is 4.20. The number of nitrogens with zero attached hydrogens (tertiary/aromatic N) is 2. The summed E-state index contributed by atoms with van der Waals surface area (Å²) in [5.74, 6) is 5.80. The zero-order chi connectivity index (χ0) is 15.3. The summed E-state index contributed by atoms with van der Waals surface area (Å²) in [5, 5.41) is 0. The molecule has 1 aromatic heterocycles. The first-order valence-electron chi connectivity index (χ1n) is 5.75. The summed E-state index contributed by atoms with van der Waals surface area (Å²) in [4.78, 5) is 0.0177. The Labute approximate surface area is 126 Å². The molecule has 0 bridgehead atoms. The third-order valence-electron chi connectivity index (χ3n) is 2.37. The predicted molar refractivity (Wildman–Crippen MR) is 80.5 cm³/mol. The summed E-state index contributed by atoms with van der Waals surface area (Å²) in [7, 11) is -3.77. The van der Waals surface area contributed by atoms with Crippen LogP contribution in [0.15, 0.2) is 29.3 Å². The van der Waals surface area contributed by atoms with Gasteiger partial charge in [0.15, 0.2) is 5.82 Å². The predicted octanol–water partition coefficient (Wildman–Crippen LogP) is 1.32. The number of sulfonamides is 1. The standard InChI is InChI=1S/C12H12N4O3S2/c1-2-3-6-19-11-7-9(4-5-10(11)13)21(17,18)16-12-8-14-20-15-12/h4-5,7-8H,6,13H2,1H3,(H,15,16). The van der Waals surface area contributed by atoms with Gasteiger partial charge in [-0.3, -0.25) is 4.72 Å². The summed E-state index contributed by atoms with van der Waals surface area (Å²) in [5.41, 5.74) is 6.08. The summed E-state index contributed by atoms with van der Waals surface area (Å²) in [6.07, 6.45) is 1.33. The second-order valence-corrected chi connectivity index (χ2v) is 6.05. The smallest absolute Gasteiger partial charge is 0.263 e. The van der Waals surface area contributed by atoms with E-state index in [0.29, 0.717) is 5.69 Å². The lowest BCUT2D eigenvalue weighted by Gasteiger charge is -2.09. The molecule has 0 saturated carbocycles. The first kappa shape index (κ1) is 15.1. The van der Waals surface area contributed by atoms with Crippen LogP contribution in [0.1, 0.15) is 6.92 Å². The van der Waals surface area contributed by atoms with Gasteiger partial charge in [0.2, 0.25) is 0 Å². The van der Waals surface area contributed by atoms with E-state index in [1.165, 1.54) is 24.4 Å². The van der Waals surface area contributed by atoms with Gasteiger partial charge in [-0.05, 0) is 19.1 Å². The third kappa shape index (κ3) is 3.84. The Morgan fingerprint density at radius 1 is 1.48 bits per heavy atom. The van der Waals surface area contributed by atoms with Gasteiger partial charge < -0.3 is 10.5 Å². The van der Waals surface area contributed by atoms with Gasteiger partial charge in [-0.15, -0.1) is 5.92 Å². The molecule has 0 aliphatic carbocycles. The lowest BCUT2D eigenvalue weighted by atomic mass is 10.3. The number of nitrogen functional groups attached to an aromatic ring is 1. The average molecular weight is 324 g/mol. The first-order chi connectivity index (χ1) is 10.0. The van der Waals surface area contributed by atoms with E-state index in [-0.39, 0.29) is 23.1 Å². The summed E-state index contributed by atoms with van der Waals surface area (Å²) < 4.78 is 39.6. The second kappa shape index (κ2) is 6.43. The molecule has 3 N–H and O–H groups in total. The van der Waals surface area contributed by atoms with Crippen LogP contribution < -0.4 is 15.2 Å².